The molecule has 1 fully saturated rings. The maximum Gasteiger partial charge on any atom is 0.224 e. The van der Waals surface area contributed by atoms with Gasteiger partial charge in [0.1, 0.15) is 0 Å². The first kappa shape index (κ1) is 18.0. The fraction of sp³-hybridized carbons (Fsp3) is 0.562. The van der Waals surface area contributed by atoms with Crippen LogP contribution in [0.4, 0.5) is 0 Å². The Hall–Kier alpha value is -1.10. The molecule has 0 radical (unpaired) electrons. The van der Waals surface area contributed by atoms with Gasteiger partial charge in [-0.3, -0.25) is 4.79 Å². The SMILES string of the molecule is COC1CN(C(=O)CC(N)c2ccccc2)CCC1C.Cl. The van der Waals surface area contributed by atoms with Gasteiger partial charge < -0.3 is 15.4 Å². The summed E-state index contributed by atoms with van der Waals surface area (Å²) in [6.07, 6.45) is 1.49. The van der Waals surface area contributed by atoms with Crippen LogP contribution in [0.1, 0.15) is 31.4 Å². The molecule has 1 aliphatic heterocycles. The highest BCUT2D eigenvalue weighted by Crippen LogP contribution is 2.22. The summed E-state index contributed by atoms with van der Waals surface area (Å²) in [5, 5.41) is 0. The lowest BCUT2D eigenvalue weighted by molar-refractivity contribution is -0.136. The predicted molar refractivity (Wildman–Crippen MR) is 86.4 cm³/mol. The topological polar surface area (TPSA) is 55.6 Å². The van der Waals surface area contributed by atoms with Crippen LogP contribution < -0.4 is 5.73 Å². The number of ether oxygens (including phenoxy) is 1. The van der Waals surface area contributed by atoms with Gasteiger partial charge in [-0.25, -0.2) is 0 Å². The highest BCUT2D eigenvalue weighted by molar-refractivity contribution is 5.85. The number of carbonyl (C=O) groups excluding carboxylic acids is 1. The van der Waals surface area contributed by atoms with Gasteiger partial charge in [0, 0.05) is 32.7 Å². The molecule has 118 valence electrons. The second kappa shape index (κ2) is 8.37. The summed E-state index contributed by atoms with van der Waals surface area (Å²) < 4.78 is 5.45. The number of rotatable bonds is 4. The van der Waals surface area contributed by atoms with Crippen molar-refractivity contribution < 1.29 is 9.53 Å². The summed E-state index contributed by atoms with van der Waals surface area (Å²) in [4.78, 5) is 14.2. The lowest BCUT2D eigenvalue weighted by Crippen LogP contribution is -2.47. The first-order chi connectivity index (χ1) is 9.61. The predicted octanol–water partition coefficient (Wildman–Crippen LogP) is 2.38. The molecular formula is C16H25ClN2O2. The monoisotopic (exact) mass is 312 g/mol. The lowest BCUT2D eigenvalue weighted by atomic mass is 9.95. The largest absolute Gasteiger partial charge is 0.379 e. The molecule has 0 aromatic heterocycles. The minimum atomic E-state index is -0.232. The third-order valence-electron chi connectivity index (χ3n) is 4.17. The number of amides is 1. The van der Waals surface area contributed by atoms with E-state index in [0.717, 1.165) is 18.5 Å². The third-order valence-corrected chi connectivity index (χ3v) is 4.17. The molecule has 0 saturated carbocycles. The Morgan fingerprint density at radius 1 is 1.43 bits per heavy atom. The molecule has 21 heavy (non-hydrogen) atoms. The number of likely N-dealkylation sites (tertiary alicyclic amines) is 1. The number of halogens is 1. The number of carbonyl (C=O) groups is 1. The van der Waals surface area contributed by atoms with Gasteiger partial charge in [-0.15, -0.1) is 12.4 Å². The van der Waals surface area contributed by atoms with Crippen LogP contribution in [0.15, 0.2) is 30.3 Å². The molecule has 1 aromatic rings. The van der Waals surface area contributed by atoms with E-state index in [0.29, 0.717) is 18.9 Å². The Balaban J connectivity index is 0.00000220. The molecule has 0 spiro atoms. The van der Waals surface area contributed by atoms with Gasteiger partial charge in [0.15, 0.2) is 0 Å². The maximum absolute atomic E-state index is 12.3. The number of hydrogen-bond donors (Lipinski definition) is 1. The van der Waals surface area contributed by atoms with Crippen LogP contribution in [0.5, 0.6) is 0 Å². The smallest absolute Gasteiger partial charge is 0.224 e. The number of nitrogens with zero attached hydrogens (tertiary/aromatic N) is 1. The maximum atomic E-state index is 12.3. The first-order valence-electron chi connectivity index (χ1n) is 7.23. The van der Waals surface area contributed by atoms with Crippen molar-refractivity contribution in [1.82, 2.24) is 4.90 Å². The zero-order chi connectivity index (χ0) is 14.5. The summed E-state index contributed by atoms with van der Waals surface area (Å²) in [5.41, 5.74) is 7.13. The van der Waals surface area contributed by atoms with Crippen LogP contribution in [-0.2, 0) is 9.53 Å². The minimum Gasteiger partial charge on any atom is -0.379 e. The molecule has 1 heterocycles. The number of piperidine rings is 1. The number of methoxy groups -OCH3 is 1. The normalized spacial score (nSPS) is 23.3. The zero-order valence-corrected chi connectivity index (χ0v) is 13.5. The average molecular weight is 313 g/mol. The Morgan fingerprint density at radius 3 is 2.71 bits per heavy atom. The fourth-order valence-corrected chi connectivity index (χ4v) is 2.70. The van der Waals surface area contributed by atoms with Crippen molar-refractivity contribution in [3.05, 3.63) is 35.9 Å². The highest BCUT2D eigenvalue weighted by atomic mass is 35.5. The molecule has 1 aliphatic rings. The van der Waals surface area contributed by atoms with Gasteiger partial charge >= 0.3 is 0 Å². The van der Waals surface area contributed by atoms with Crippen molar-refractivity contribution in [1.29, 1.82) is 0 Å². The summed E-state index contributed by atoms with van der Waals surface area (Å²) in [6, 6.07) is 9.55. The first-order valence-corrected chi connectivity index (χ1v) is 7.23. The third kappa shape index (κ3) is 4.70. The van der Waals surface area contributed by atoms with Crippen molar-refractivity contribution in [2.24, 2.45) is 11.7 Å². The van der Waals surface area contributed by atoms with E-state index in [1.165, 1.54) is 0 Å². The molecule has 1 amide bonds. The highest BCUT2D eigenvalue weighted by Gasteiger charge is 2.29. The number of benzene rings is 1. The van der Waals surface area contributed by atoms with Crippen molar-refractivity contribution in [2.45, 2.75) is 31.9 Å². The quantitative estimate of drug-likeness (QED) is 0.928. The summed E-state index contributed by atoms with van der Waals surface area (Å²) in [7, 11) is 1.71. The Morgan fingerprint density at radius 2 is 2.10 bits per heavy atom. The van der Waals surface area contributed by atoms with E-state index in [2.05, 4.69) is 6.92 Å². The van der Waals surface area contributed by atoms with Crippen LogP contribution in [0.25, 0.3) is 0 Å². The molecule has 3 unspecified atom stereocenters. The van der Waals surface area contributed by atoms with Crippen LogP contribution >= 0.6 is 12.4 Å². The van der Waals surface area contributed by atoms with E-state index in [-0.39, 0.29) is 30.5 Å². The standard InChI is InChI=1S/C16H24N2O2.ClH/c1-12-8-9-18(11-15(12)20-2)16(19)10-14(17)13-6-4-3-5-7-13;/h3-7,12,14-15H,8-11,17H2,1-2H3;1H. The van der Waals surface area contributed by atoms with E-state index in [1.54, 1.807) is 7.11 Å². The fourth-order valence-electron chi connectivity index (χ4n) is 2.70. The molecule has 5 heteroatoms. The van der Waals surface area contributed by atoms with E-state index in [9.17, 15) is 4.79 Å². The van der Waals surface area contributed by atoms with Gasteiger partial charge in [-0.05, 0) is 17.9 Å². The van der Waals surface area contributed by atoms with Crippen LogP contribution in [0.3, 0.4) is 0 Å². The average Bonchev–Trinajstić information content (AvgIpc) is 2.48. The van der Waals surface area contributed by atoms with Crippen molar-refractivity contribution in [3.8, 4) is 0 Å². The minimum absolute atomic E-state index is 0. The van der Waals surface area contributed by atoms with Crippen LogP contribution in [0, 0.1) is 5.92 Å². The molecule has 4 nitrogen and oxygen atoms in total. The van der Waals surface area contributed by atoms with Gasteiger partial charge in [0.05, 0.1) is 6.10 Å². The second-order valence-electron chi connectivity index (χ2n) is 5.60. The van der Waals surface area contributed by atoms with Gasteiger partial charge in [-0.2, -0.15) is 0 Å². The molecule has 0 aliphatic carbocycles. The van der Waals surface area contributed by atoms with Crippen molar-refractivity contribution >= 4 is 18.3 Å². The van der Waals surface area contributed by atoms with Crippen molar-refractivity contribution in [3.63, 3.8) is 0 Å². The molecule has 2 N–H and O–H groups in total. The molecule has 3 atom stereocenters. The zero-order valence-electron chi connectivity index (χ0n) is 12.7. The van der Waals surface area contributed by atoms with Crippen molar-refractivity contribution in [2.75, 3.05) is 20.2 Å². The summed E-state index contributed by atoms with van der Waals surface area (Å²) in [6.45, 7) is 3.66. The van der Waals surface area contributed by atoms with E-state index in [4.69, 9.17) is 10.5 Å². The Bertz CT molecular complexity index is 441. The molecule has 1 aromatic carbocycles. The summed E-state index contributed by atoms with van der Waals surface area (Å²) in [5.74, 6) is 0.627. The number of hydrogen-bond acceptors (Lipinski definition) is 3. The molecule has 1 saturated heterocycles. The van der Waals surface area contributed by atoms with Gasteiger partial charge in [0.25, 0.3) is 0 Å². The Kier molecular flexibility index (Phi) is 7.15. The van der Waals surface area contributed by atoms with Gasteiger partial charge in [-0.1, -0.05) is 37.3 Å². The van der Waals surface area contributed by atoms with E-state index < -0.39 is 0 Å². The molecular weight excluding hydrogens is 288 g/mol. The second-order valence-corrected chi connectivity index (χ2v) is 5.60. The van der Waals surface area contributed by atoms with Crippen LogP contribution in [-0.4, -0.2) is 37.1 Å². The van der Waals surface area contributed by atoms with Gasteiger partial charge in [0.2, 0.25) is 5.91 Å². The summed E-state index contributed by atoms with van der Waals surface area (Å²) >= 11 is 0. The molecule has 2 rings (SSSR count). The number of nitrogens with two attached hydrogens (primary N) is 1. The van der Waals surface area contributed by atoms with E-state index in [1.807, 2.05) is 35.2 Å². The van der Waals surface area contributed by atoms with E-state index >= 15 is 0 Å². The van der Waals surface area contributed by atoms with Crippen LogP contribution in [0.2, 0.25) is 0 Å². The lowest BCUT2D eigenvalue weighted by Gasteiger charge is -2.36. The Labute approximate surface area is 133 Å². The molecule has 0 bridgehead atoms.